The number of hydrogen-bond donors (Lipinski definition) is 1. The van der Waals surface area contributed by atoms with Crippen molar-refractivity contribution in [2.24, 2.45) is 11.8 Å². The smallest absolute Gasteiger partial charge is 0.0233 e. The van der Waals surface area contributed by atoms with Gasteiger partial charge in [0.05, 0.1) is 0 Å². The van der Waals surface area contributed by atoms with Crippen LogP contribution in [0.4, 0.5) is 0 Å². The molecule has 2 nitrogen and oxygen atoms in total. The Labute approximate surface area is 139 Å². The molecule has 2 bridgehead atoms. The largest absolute Gasteiger partial charge is 0.309 e. The second-order valence-corrected chi connectivity index (χ2v) is 7.17. The molecule has 1 aliphatic heterocycles. The van der Waals surface area contributed by atoms with E-state index in [1.807, 2.05) is 0 Å². The lowest BCUT2D eigenvalue weighted by Gasteiger charge is -2.38. The predicted molar refractivity (Wildman–Crippen MR) is 95.0 cm³/mol. The Hall–Kier alpha value is -1.64. The first-order chi connectivity index (χ1) is 11.4. The van der Waals surface area contributed by atoms with E-state index in [2.05, 4.69) is 70.9 Å². The van der Waals surface area contributed by atoms with Crippen molar-refractivity contribution in [1.29, 1.82) is 0 Å². The summed E-state index contributed by atoms with van der Waals surface area (Å²) in [5, 5.41) is 3.86. The standard InChI is InChI=1S/C21H26N2/c1-3-7-17(8-4-1)13-22-21-19-11-12-20(21)16-23(15-19)14-18-9-5-2-6-10-18/h1-10,19-22H,11-16H2/t19-,20+,21+. The molecule has 1 N–H and O–H groups in total. The molecule has 1 heterocycles. The molecule has 2 fully saturated rings. The summed E-state index contributed by atoms with van der Waals surface area (Å²) in [6.45, 7) is 4.62. The van der Waals surface area contributed by atoms with Crippen molar-refractivity contribution < 1.29 is 0 Å². The third-order valence-electron chi connectivity index (χ3n) is 5.54. The molecule has 0 amide bonds. The van der Waals surface area contributed by atoms with Gasteiger partial charge >= 0.3 is 0 Å². The topological polar surface area (TPSA) is 15.3 Å². The first-order valence-corrected chi connectivity index (χ1v) is 8.92. The van der Waals surface area contributed by atoms with Crippen LogP contribution in [0, 0.1) is 11.8 Å². The fourth-order valence-corrected chi connectivity index (χ4v) is 4.46. The molecule has 3 atom stereocenters. The molecule has 2 aromatic rings. The summed E-state index contributed by atoms with van der Waals surface area (Å²) in [5.74, 6) is 1.64. The van der Waals surface area contributed by atoms with E-state index < -0.39 is 0 Å². The highest BCUT2D eigenvalue weighted by molar-refractivity contribution is 5.16. The van der Waals surface area contributed by atoms with Crippen molar-refractivity contribution in [3.8, 4) is 0 Å². The van der Waals surface area contributed by atoms with Crippen molar-refractivity contribution in [2.45, 2.75) is 32.0 Å². The molecule has 1 saturated heterocycles. The van der Waals surface area contributed by atoms with Gasteiger partial charge in [0.15, 0.2) is 0 Å². The maximum Gasteiger partial charge on any atom is 0.0233 e. The summed E-state index contributed by atoms with van der Waals surface area (Å²) < 4.78 is 0. The normalized spacial score (nSPS) is 27.2. The van der Waals surface area contributed by atoms with E-state index in [1.165, 1.54) is 37.1 Å². The van der Waals surface area contributed by atoms with Gasteiger partial charge in [-0.3, -0.25) is 4.90 Å². The summed E-state index contributed by atoms with van der Waals surface area (Å²) in [6.07, 6.45) is 2.78. The van der Waals surface area contributed by atoms with Gasteiger partial charge in [-0.1, -0.05) is 60.7 Å². The number of benzene rings is 2. The number of piperidine rings is 1. The second kappa shape index (κ2) is 6.86. The minimum absolute atomic E-state index is 0.710. The van der Waals surface area contributed by atoms with Crippen LogP contribution in [0.15, 0.2) is 60.7 Å². The number of likely N-dealkylation sites (tertiary alicyclic amines) is 1. The van der Waals surface area contributed by atoms with Gasteiger partial charge in [0.2, 0.25) is 0 Å². The highest BCUT2D eigenvalue weighted by atomic mass is 15.2. The average molecular weight is 306 g/mol. The molecule has 0 spiro atoms. The van der Waals surface area contributed by atoms with E-state index in [1.54, 1.807) is 0 Å². The minimum Gasteiger partial charge on any atom is -0.309 e. The second-order valence-electron chi connectivity index (χ2n) is 7.17. The van der Waals surface area contributed by atoms with Gasteiger partial charge in [-0.25, -0.2) is 0 Å². The monoisotopic (exact) mass is 306 g/mol. The lowest BCUT2D eigenvalue weighted by molar-refractivity contribution is 0.122. The van der Waals surface area contributed by atoms with Gasteiger partial charge in [0.1, 0.15) is 0 Å². The maximum absolute atomic E-state index is 3.86. The van der Waals surface area contributed by atoms with E-state index in [9.17, 15) is 0 Å². The van der Waals surface area contributed by atoms with Crippen LogP contribution in [-0.2, 0) is 13.1 Å². The summed E-state index contributed by atoms with van der Waals surface area (Å²) >= 11 is 0. The van der Waals surface area contributed by atoms with Gasteiger partial charge in [-0.15, -0.1) is 0 Å². The van der Waals surface area contributed by atoms with Gasteiger partial charge in [0, 0.05) is 32.2 Å². The van der Waals surface area contributed by atoms with Crippen molar-refractivity contribution >= 4 is 0 Å². The molecular formula is C21H26N2. The fraction of sp³-hybridized carbons (Fsp3) is 0.429. The van der Waals surface area contributed by atoms with Gasteiger partial charge in [0.25, 0.3) is 0 Å². The first kappa shape index (κ1) is 14.9. The van der Waals surface area contributed by atoms with Crippen LogP contribution in [-0.4, -0.2) is 24.0 Å². The van der Waals surface area contributed by atoms with Crippen LogP contribution in [0.5, 0.6) is 0 Å². The Bertz CT molecular complexity index is 596. The van der Waals surface area contributed by atoms with E-state index in [4.69, 9.17) is 0 Å². The predicted octanol–water partition coefficient (Wildman–Crippen LogP) is 3.69. The molecule has 2 heteroatoms. The Kier molecular flexibility index (Phi) is 4.45. The number of rotatable bonds is 5. The third-order valence-corrected chi connectivity index (χ3v) is 5.54. The summed E-state index contributed by atoms with van der Waals surface area (Å²) in [4.78, 5) is 2.67. The molecule has 0 unspecified atom stereocenters. The van der Waals surface area contributed by atoms with Gasteiger partial charge in [-0.2, -0.15) is 0 Å². The molecule has 2 aliphatic rings. The van der Waals surface area contributed by atoms with Gasteiger partial charge < -0.3 is 5.32 Å². The zero-order valence-electron chi connectivity index (χ0n) is 13.7. The molecule has 120 valence electrons. The van der Waals surface area contributed by atoms with E-state index >= 15 is 0 Å². The molecule has 4 rings (SSSR count). The number of nitrogens with one attached hydrogen (secondary N) is 1. The van der Waals surface area contributed by atoms with Crippen molar-refractivity contribution in [3.05, 3.63) is 71.8 Å². The van der Waals surface area contributed by atoms with Crippen LogP contribution in [0.2, 0.25) is 0 Å². The quantitative estimate of drug-likeness (QED) is 0.906. The fourth-order valence-electron chi connectivity index (χ4n) is 4.46. The van der Waals surface area contributed by atoms with Crippen LogP contribution in [0.1, 0.15) is 24.0 Å². The van der Waals surface area contributed by atoms with E-state index in [-0.39, 0.29) is 0 Å². The lowest BCUT2D eigenvalue weighted by Crippen LogP contribution is -2.50. The molecule has 0 radical (unpaired) electrons. The zero-order valence-corrected chi connectivity index (χ0v) is 13.7. The van der Waals surface area contributed by atoms with Crippen LogP contribution < -0.4 is 5.32 Å². The highest BCUT2D eigenvalue weighted by Gasteiger charge is 2.41. The minimum atomic E-state index is 0.710. The molecule has 23 heavy (non-hydrogen) atoms. The Morgan fingerprint density at radius 3 is 1.96 bits per heavy atom. The Morgan fingerprint density at radius 2 is 1.35 bits per heavy atom. The van der Waals surface area contributed by atoms with Crippen LogP contribution in [0.3, 0.4) is 0 Å². The maximum atomic E-state index is 3.86. The van der Waals surface area contributed by atoms with Crippen molar-refractivity contribution in [1.82, 2.24) is 10.2 Å². The molecule has 2 aromatic carbocycles. The summed E-state index contributed by atoms with van der Waals surface area (Å²) in [7, 11) is 0. The molecule has 1 saturated carbocycles. The first-order valence-electron chi connectivity index (χ1n) is 8.92. The summed E-state index contributed by atoms with van der Waals surface area (Å²) in [5.41, 5.74) is 2.85. The van der Waals surface area contributed by atoms with E-state index in [0.29, 0.717) is 6.04 Å². The SMILES string of the molecule is c1ccc(CN[C@H]2[C@@H]3CC[C@H]2CN(Cc2ccccc2)C3)cc1. The Balaban J connectivity index is 1.34. The van der Waals surface area contributed by atoms with Crippen LogP contribution in [0.25, 0.3) is 0 Å². The van der Waals surface area contributed by atoms with Crippen LogP contribution >= 0.6 is 0 Å². The number of hydrogen-bond acceptors (Lipinski definition) is 2. The van der Waals surface area contributed by atoms with Crippen molar-refractivity contribution in [3.63, 3.8) is 0 Å². The molecule has 0 aromatic heterocycles. The Morgan fingerprint density at radius 1 is 0.783 bits per heavy atom. The third kappa shape index (κ3) is 3.49. The van der Waals surface area contributed by atoms with Crippen molar-refractivity contribution in [2.75, 3.05) is 13.1 Å². The highest BCUT2D eigenvalue weighted by Crippen LogP contribution is 2.37. The summed E-state index contributed by atoms with van der Waals surface area (Å²) in [6, 6.07) is 22.4. The average Bonchev–Trinajstić information content (AvgIpc) is 2.84. The molecular weight excluding hydrogens is 280 g/mol. The lowest BCUT2D eigenvalue weighted by atomic mass is 9.91. The molecule has 1 aliphatic carbocycles. The zero-order chi connectivity index (χ0) is 15.5. The number of fused-ring (bicyclic) bond motifs is 2. The van der Waals surface area contributed by atoms with Gasteiger partial charge in [-0.05, 0) is 35.8 Å². The number of nitrogens with zero attached hydrogens (tertiary/aromatic N) is 1. The van der Waals surface area contributed by atoms with E-state index in [0.717, 1.165) is 24.9 Å².